The van der Waals surface area contributed by atoms with Crippen LogP contribution < -0.4 is 5.32 Å². The number of esters is 1. The van der Waals surface area contributed by atoms with Crippen LogP contribution in [0, 0.1) is 11.3 Å². The summed E-state index contributed by atoms with van der Waals surface area (Å²) in [6.45, 7) is 10.4. The maximum atomic E-state index is 12.2. The van der Waals surface area contributed by atoms with Gasteiger partial charge in [-0.3, -0.25) is 9.59 Å². The minimum atomic E-state index is -0.489. The van der Waals surface area contributed by atoms with Crippen molar-refractivity contribution in [2.24, 2.45) is 11.3 Å². The van der Waals surface area contributed by atoms with Crippen molar-refractivity contribution in [3.63, 3.8) is 0 Å². The van der Waals surface area contributed by atoms with Gasteiger partial charge in [-0.1, -0.05) is 53.9 Å². The zero-order valence-corrected chi connectivity index (χ0v) is 18.2. The minimum absolute atomic E-state index is 0.0832. The van der Waals surface area contributed by atoms with E-state index in [1.807, 2.05) is 32.9 Å². The highest BCUT2D eigenvalue weighted by Crippen LogP contribution is 2.27. The van der Waals surface area contributed by atoms with Gasteiger partial charge in [0.05, 0.1) is 17.9 Å². The molecule has 152 valence electrons. The van der Waals surface area contributed by atoms with Crippen LogP contribution in [0.3, 0.4) is 0 Å². The van der Waals surface area contributed by atoms with E-state index in [9.17, 15) is 9.59 Å². The molecule has 6 heteroatoms. The second-order valence-corrected chi connectivity index (χ2v) is 8.89. The molecule has 0 aliphatic rings. The van der Waals surface area contributed by atoms with Crippen LogP contribution in [0.1, 0.15) is 66.7 Å². The SMILES string of the molecule is CCCCC(CC)COC(=O)CCSc1cccnc1NC(=O)C(C)(C)C. The van der Waals surface area contributed by atoms with E-state index in [-0.39, 0.29) is 11.9 Å². The largest absolute Gasteiger partial charge is 0.465 e. The molecule has 0 saturated heterocycles. The topological polar surface area (TPSA) is 68.3 Å². The van der Waals surface area contributed by atoms with Crippen molar-refractivity contribution in [3.8, 4) is 0 Å². The third-order valence-electron chi connectivity index (χ3n) is 4.27. The fraction of sp³-hybridized carbons (Fsp3) is 0.667. The smallest absolute Gasteiger partial charge is 0.306 e. The molecule has 0 saturated carbocycles. The zero-order valence-electron chi connectivity index (χ0n) is 17.3. The molecule has 1 N–H and O–H groups in total. The minimum Gasteiger partial charge on any atom is -0.465 e. The van der Waals surface area contributed by atoms with Gasteiger partial charge in [0.2, 0.25) is 5.91 Å². The lowest BCUT2D eigenvalue weighted by molar-refractivity contribution is -0.144. The first-order chi connectivity index (χ1) is 12.8. The number of carbonyl (C=O) groups is 2. The Bertz CT molecular complexity index is 599. The first kappa shape index (κ1) is 23.5. The second-order valence-electron chi connectivity index (χ2n) is 7.75. The monoisotopic (exact) mass is 394 g/mol. The molecule has 27 heavy (non-hydrogen) atoms. The van der Waals surface area contributed by atoms with Crippen molar-refractivity contribution in [2.75, 3.05) is 17.7 Å². The average molecular weight is 395 g/mol. The normalized spacial score (nSPS) is 12.5. The van der Waals surface area contributed by atoms with Crippen LogP contribution in [0.15, 0.2) is 23.2 Å². The fourth-order valence-electron chi connectivity index (χ4n) is 2.32. The van der Waals surface area contributed by atoms with Crippen LogP contribution in [0.2, 0.25) is 0 Å². The molecule has 1 aromatic heterocycles. The number of anilines is 1. The second kappa shape index (κ2) is 12.0. The van der Waals surface area contributed by atoms with Gasteiger partial charge in [-0.2, -0.15) is 0 Å². The number of rotatable bonds is 11. The van der Waals surface area contributed by atoms with Gasteiger partial charge in [0, 0.05) is 17.4 Å². The van der Waals surface area contributed by atoms with Gasteiger partial charge in [-0.25, -0.2) is 4.98 Å². The molecule has 0 bridgehead atoms. The summed E-state index contributed by atoms with van der Waals surface area (Å²) in [7, 11) is 0. The maximum absolute atomic E-state index is 12.2. The third-order valence-corrected chi connectivity index (χ3v) is 5.32. The molecule has 1 amide bonds. The summed E-state index contributed by atoms with van der Waals surface area (Å²) in [5.41, 5.74) is -0.489. The van der Waals surface area contributed by atoms with Crippen LogP contribution >= 0.6 is 11.8 Å². The van der Waals surface area contributed by atoms with Gasteiger partial charge < -0.3 is 10.1 Å². The molecule has 1 heterocycles. The Labute approximate surface area is 168 Å². The van der Waals surface area contributed by atoms with Crippen molar-refractivity contribution >= 4 is 29.5 Å². The molecular formula is C21H34N2O3S. The van der Waals surface area contributed by atoms with E-state index in [1.54, 1.807) is 6.20 Å². The summed E-state index contributed by atoms with van der Waals surface area (Å²) in [6, 6.07) is 3.73. The highest BCUT2D eigenvalue weighted by atomic mass is 32.2. The number of ether oxygens (including phenoxy) is 1. The average Bonchev–Trinajstić information content (AvgIpc) is 2.62. The predicted molar refractivity (Wildman–Crippen MR) is 112 cm³/mol. The summed E-state index contributed by atoms with van der Waals surface area (Å²) in [6.07, 6.45) is 6.49. The number of amides is 1. The Kier molecular flexibility index (Phi) is 10.4. The van der Waals surface area contributed by atoms with E-state index >= 15 is 0 Å². The molecule has 1 unspecified atom stereocenters. The zero-order chi connectivity index (χ0) is 20.3. The first-order valence-electron chi connectivity index (χ1n) is 9.82. The molecule has 0 aliphatic heterocycles. The number of carbonyl (C=O) groups excluding carboxylic acids is 2. The lowest BCUT2D eigenvalue weighted by Crippen LogP contribution is -2.28. The lowest BCUT2D eigenvalue weighted by Gasteiger charge is -2.18. The number of thioether (sulfide) groups is 1. The third kappa shape index (κ3) is 9.27. The quantitative estimate of drug-likeness (QED) is 0.407. The summed E-state index contributed by atoms with van der Waals surface area (Å²) in [4.78, 5) is 29.3. The Morgan fingerprint density at radius 3 is 2.67 bits per heavy atom. The highest BCUT2D eigenvalue weighted by Gasteiger charge is 2.22. The summed E-state index contributed by atoms with van der Waals surface area (Å²) >= 11 is 1.50. The number of hydrogen-bond acceptors (Lipinski definition) is 5. The fourth-order valence-corrected chi connectivity index (χ4v) is 3.23. The molecule has 5 nitrogen and oxygen atoms in total. The summed E-state index contributed by atoms with van der Waals surface area (Å²) in [5.74, 6) is 1.34. The van der Waals surface area contributed by atoms with Crippen molar-refractivity contribution in [1.29, 1.82) is 0 Å². The van der Waals surface area contributed by atoms with Gasteiger partial charge in [-0.15, -0.1) is 11.8 Å². The van der Waals surface area contributed by atoms with Crippen LogP contribution in [0.25, 0.3) is 0 Å². The number of unbranched alkanes of at least 4 members (excludes halogenated alkanes) is 1. The molecule has 0 aliphatic carbocycles. The van der Waals surface area contributed by atoms with Gasteiger partial charge in [0.15, 0.2) is 0 Å². The maximum Gasteiger partial charge on any atom is 0.306 e. The van der Waals surface area contributed by atoms with E-state index in [2.05, 4.69) is 24.1 Å². The van der Waals surface area contributed by atoms with E-state index in [0.717, 1.165) is 17.7 Å². The summed E-state index contributed by atoms with van der Waals surface area (Å²) < 4.78 is 5.43. The lowest BCUT2D eigenvalue weighted by atomic mass is 9.96. The first-order valence-corrected chi connectivity index (χ1v) is 10.8. The van der Waals surface area contributed by atoms with Gasteiger partial charge in [-0.05, 0) is 24.5 Å². The van der Waals surface area contributed by atoms with Crippen molar-refractivity contribution in [3.05, 3.63) is 18.3 Å². The van der Waals surface area contributed by atoms with Crippen LogP contribution in [-0.2, 0) is 14.3 Å². The van der Waals surface area contributed by atoms with E-state index in [0.29, 0.717) is 30.5 Å². The Hall–Kier alpha value is -1.56. The van der Waals surface area contributed by atoms with Crippen molar-refractivity contribution in [1.82, 2.24) is 4.98 Å². The number of hydrogen-bond donors (Lipinski definition) is 1. The van der Waals surface area contributed by atoms with Crippen LogP contribution in [0.4, 0.5) is 5.82 Å². The van der Waals surface area contributed by atoms with Crippen LogP contribution in [0.5, 0.6) is 0 Å². The standard InChI is InChI=1S/C21H34N2O3S/c1-6-8-10-16(7-2)15-26-18(24)12-14-27-17-11-9-13-22-19(17)23-20(25)21(3,4)5/h9,11,13,16H,6-8,10,12,14-15H2,1-5H3,(H,22,23,25). The highest BCUT2D eigenvalue weighted by molar-refractivity contribution is 7.99. The number of aromatic nitrogens is 1. The molecule has 0 spiro atoms. The van der Waals surface area contributed by atoms with Crippen molar-refractivity contribution in [2.45, 2.75) is 71.6 Å². The molecule has 1 aromatic rings. The molecule has 0 radical (unpaired) electrons. The Morgan fingerprint density at radius 1 is 1.30 bits per heavy atom. The van der Waals surface area contributed by atoms with E-state index in [1.165, 1.54) is 24.6 Å². The number of nitrogens with zero attached hydrogens (tertiary/aromatic N) is 1. The molecule has 1 rings (SSSR count). The molecular weight excluding hydrogens is 360 g/mol. The molecule has 1 atom stereocenters. The van der Waals surface area contributed by atoms with Crippen molar-refractivity contribution < 1.29 is 14.3 Å². The van der Waals surface area contributed by atoms with Crippen LogP contribution in [-0.4, -0.2) is 29.2 Å². The van der Waals surface area contributed by atoms with E-state index < -0.39 is 5.41 Å². The van der Waals surface area contributed by atoms with Gasteiger partial charge in [0.25, 0.3) is 0 Å². The van der Waals surface area contributed by atoms with Gasteiger partial charge in [0.1, 0.15) is 5.82 Å². The number of nitrogens with one attached hydrogen (secondary N) is 1. The number of pyridine rings is 1. The molecule has 0 aromatic carbocycles. The Morgan fingerprint density at radius 2 is 2.04 bits per heavy atom. The van der Waals surface area contributed by atoms with E-state index in [4.69, 9.17) is 4.74 Å². The predicted octanol–water partition coefficient (Wildman–Crippen LogP) is 5.31. The van der Waals surface area contributed by atoms with Gasteiger partial charge >= 0.3 is 5.97 Å². The summed E-state index contributed by atoms with van der Waals surface area (Å²) in [5, 5.41) is 2.87. The molecule has 0 fully saturated rings. The Balaban J connectivity index is 2.45.